The Balaban J connectivity index is 1.61. The van der Waals surface area contributed by atoms with Crippen LogP contribution in [0.3, 0.4) is 0 Å². The largest absolute Gasteiger partial charge is 0.450 e. The van der Waals surface area contributed by atoms with Gasteiger partial charge in [-0.15, -0.1) is 0 Å². The van der Waals surface area contributed by atoms with Gasteiger partial charge in [-0.25, -0.2) is 9.78 Å². The van der Waals surface area contributed by atoms with Crippen molar-refractivity contribution < 1.29 is 14.3 Å². The van der Waals surface area contributed by atoms with Gasteiger partial charge < -0.3 is 25.4 Å². The summed E-state index contributed by atoms with van der Waals surface area (Å²) in [6.45, 7) is 10.1. The zero-order valence-corrected chi connectivity index (χ0v) is 20.8. The predicted molar refractivity (Wildman–Crippen MR) is 137 cm³/mol. The number of amides is 2. The number of piperidine rings is 1. The van der Waals surface area contributed by atoms with Crippen LogP contribution in [0, 0.1) is 11.8 Å². The van der Waals surface area contributed by atoms with Gasteiger partial charge in [-0.1, -0.05) is 32.8 Å². The highest BCUT2D eigenvalue weighted by Crippen LogP contribution is 2.26. The first kappa shape index (κ1) is 25.9. The van der Waals surface area contributed by atoms with Crippen molar-refractivity contribution in [2.45, 2.75) is 52.9 Å². The number of benzene rings is 1. The van der Waals surface area contributed by atoms with Crippen LogP contribution in [0.4, 0.5) is 10.5 Å². The van der Waals surface area contributed by atoms with Crippen molar-refractivity contribution in [1.82, 2.24) is 9.88 Å². The Morgan fingerprint density at radius 1 is 1.29 bits per heavy atom. The van der Waals surface area contributed by atoms with Gasteiger partial charge in [0.1, 0.15) is 5.84 Å². The average Bonchev–Trinajstić information content (AvgIpc) is 2.85. The Labute approximate surface area is 202 Å². The second-order valence-electron chi connectivity index (χ2n) is 8.88. The van der Waals surface area contributed by atoms with E-state index in [-0.39, 0.29) is 12.7 Å². The van der Waals surface area contributed by atoms with Gasteiger partial charge in [-0.05, 0) is 68.8 Å². The molecule has 0 radical (unpaired) electrons. The molecule has 1 aromatic carbocycles. The lowest BCUT2D eigenvalue weighted by Crippen LogP contribution is -2.42. The number of likely N-dealkylation sites (tertiary alicyclic amines) is 1. The van der Waals surface area contributed by atoms with Crippen molar-refractivity contribution in [1.29, 1.82) is 0 Å². The number of carbonyl (C=O) groups excluding carboxylic acids is 1. The van der Waals surface area contributed by atoms with E-state index in [1.165, 1.54) is 19.3 Å². The first-order valence-corrected chi connectivity index (χ1v) is 12.5. The summed E-state index contributed by atoms with van der Waals surface area (Å²) in [5.41, 5.74) is 6.88. The van der Waals surface area contributed by atoms with Crippen LogP contribution in [0.25, 0.3) is 10.8 Å². The van der Waals surface area contributed by atoms with Crippen LogP contribution in [0.5, 0.6) is 5.88 Å². The zero-order chi connectivity index (χ0) is 24.3. The maximum atomic E-state index is 12.6. The van der Waals surface area contributed by atoms with E-state index in [2.05, 4.69) is 34.0 Å². The molecule has 8 heteroatoms. The lowest BCUT2D eigenvalue weighted by atomic mass is 9.95. The number of hydrogen-bond donors (Lipinski definition) is 2. The van der Waals surface area contributed by atoms with E-state index >= 15 is 0 Å². The Hall–Kier alpha value is -2.71. The van der Waals surface area contributed by atoms with E-state index in [1.54, 1.807) is 6.20 Å². The van der Waals surface area contributed by atoms with Gasteiger partial charge in [0.15, 0.2) is 6.79 Å². The topological polar surface area (TPSA) is 102 Å². The van der Waals surface area contributed by atoms with E-state index < -0.39 is 6.03 Å². The summed E-state index contributed by atoms with van der Waals surface area (Å²) in [4.78, 5) is 23.5. The van der Waals surface area contributed by atoms with Crippen molar-refractivity contribution >= 4 is 28.3 Å². The maximum Gasteiger partial charge on any atom is 0.347 e. The summed E-state index contributed by atoms with van der Waals surface area (Å²) in [7, 11) is 0. The first-order valence-electron chi connectivity index (χ1n) is 12.5. The summed E-state index contributed by atoms with van der Waals surface area (Å²) in [5.74, 6) is 1.76. The third-order valence-electron chi connectivity index (χ3n) is 6.63. The molecule has 3 rings (SSSR count). The molecule has 2 aromatic rings. The third kappa shape index (κ3) is 7.40. The molecule has 0 bridgehead atoms. The standard InChI is InChI=1S/C26H39N5O3/c1-4-19(5-2)12-15-31-14-7-8-21(17-31)24(27)30-26(32)29-22-10-9-20-11-13-28-25(23(20)16-22)34-18-33-6-3/h9-11,13,16,19,21H,4-8,12,14-15,17-18H2,1-3H3,(H3,27,29,30,32). The van der Waals surface area contributed by atoms with E-state index in [0.717, 1.165) is 49.2 Å². The van der Waals surface area contributed by atoms with Crippen molar-refractivity contribution in [2.24, 2.45) is 22.6 Å². The molecule has 1 aromatic heterocycles. The van der Waals surface area contributed by atoms with Crippen LogP contribution in [-0.2, 0) is 4.74 Å². The molecular weight excluding hydrogens is 430 g/mol. The number of nitrogens with zero attached hydrogens (tertiary/aromatic N) is 3. The predicted octanol–water partition coefficient (Wildman–Crippen LogP) is 5.04. The number of ether oxygens (including phenoxy) is 2. The van der Waals surface area contributed by atoms with Crippen LogP contribution < -0.4 is 15.8 Å². The molecule has 1 saturated heterocycles. The number of pyridine rings is 1. The van der Waals surface area contributed by atoms with Gasteiger partial charge in [-0.3, -0.25) is 0 Å². The average molecular weight is 470 g/mol. The third-order valence-corrected chi connectivity index (χ3v) is 6.63. The van der Waals surface area contributed by atoms with Gasteiger partial charge in [0.2, 0.25) is 5.88 Å². The highest BCUT2D eigenvalue weighted by molar-refractivity contribution is 6.01. The Morgan fingerprint density at radius 2 is 2.12 bits per heavy atom. The van der Waals surface area contributed by atoms with Crippen LogP contribution in [0.2, 0.25) is 0 Å². The van der Waals surface area contributed by atoms with Crippen LogP contribution in [0.15, 0.2) is 35.5 Å². The lowest BCUT2D eigenvalue weighted by Gasteiger charge is -2.33. The number of hydrogen-bond acceptors (Lipinski definition) is 5. The molecule has 186 valence electrons. The second-order valence-corrected chi connectivity index (χ2v) is 8.88. The molecule has 1 fully saturated rings. The van der Waals surface area contributed by atoms with E-state index in [1.807, 2.05) is 31.2 Å². The minimum atomic E-state index is -0.466. The smallest absolute Gasteiger partial charge is 0.347 e. The van der Waals surface area contributed by atoms with Gasteiger partial charge >= 0.3 is 6.03 Å². The number of anilines is 1. The number of urea groups is 1. The Morgan fingerprint density at radius 3 is 2.88 bits per heavy atom. The molecule has 1 atom stereocenters. The zero-order valence-electron chi connectivity index (χ0n) is 20.8. The van der Waals surface area contributed by atoms with Crippen LogP contribution >= 0.6 is 0 Å². The number of nitrogens with one attached hydrogen (secondary N) is 1. The van der Waals surface area contributed by atoms with E-state index in [9.17, 15) is 4.79 Å². The molecule has 34 heavy (non-hydrogen) atoms. The van der Waals surface area contributed by atoms with Crippen molar-refractivity contribution in [3.63, 3.8) is 0 Å². The van der Waals surface area contributed by atoms with Gasteiger partial charge in [0.25, 0.3) is 0 Å². The number of carbonyl (C=O) groups is 1. The molecule has 0 spiro atoms. The minimum Gasteiger partial charge on any atom is -0.450 e. The molecular formula is C26H39N5O3. The van der Waals surface area contributed by atoms with E-state index in [0.29, 0.717) is 24.0 Å². The molecule has 0 saturated carbocycles. The number of aromatic nitrogens is 1. The normalized spacial score (nSPS) is 17.3. The number of rotatable bonds is 11. The molecule has 1 unspecified atom stereocenters. The molecule has 8 nitrogen and oxygen atoms in total. The fraction of sp³-hybridized carbons (Fsp3) is 0.577. The van der Waals surface area contributed by atoms with Gasteiger partial charge in [0.05, 0.1) is 0 Å². The number of fused-ring (bicyclic) bond motifs is 1. The Bertz CT molecular complexity index is 961. The number of nitrogens with two attached hydrogens (primary N) is 1. The van der Waals surface area contributed by atoms with Gasteiger partial charge in [-0.2, -0.15) is 4.99 Å². The SMILES string of the molecule is CCOCOc1nccc2ccc(NC(=O)/N=C(\N)C3CCCN(CCC(CC)CC)C3)cc12. The summed E-state index contributed by atoms with van der Waals surface area (Å²) < 4.78 is 10.9. The van der Waals surface area contributed by atoms with Crippen molar-refractivity contribution in [3.05, 3.63) is 30.5 Å². The molecule has 2 heterocycles. The Kier molecular flexibility index (Phi) is 10.1. The molecule has 0 aliphatic carbocycles. The quantitative estimate of drug-likeness (QED) is 0.207. The van der Waals surface area contributed by atoms with E-state index in [4.69, 9.17) is 15.2 Å². The maximum absolute atomic E-state index is 12.6. The summed E-state index contributed by atoms with van der Waals surface area (Å²) in [5, 5.41) is 4.58. The van der Waals surface area contributed by atoms with Crippen molar-refractivity contribution in [3.8, 4) is 5.88 Å². The fourth-order valence-electron chi connectivity index (χ4n) is 4.44. The van der Waals surface area contributed by atoms with Gasteiger partial charge in [0, 0.05) is 36.3 Å². The highest BCUT2D eigenvalue weighted by Gasteiger charge is 2.23. The summed E-state index contributed by atoms with van der Waals surface area (Å²) >= 11 is 0. The van der Waals surface area contributed by atoms with Crippen molar-refractivity contribution in [2.75, 3.05) is 38.4 Å². The highest BCUT2D eigenvalue weighted by atomic mass is 16.7. The second kappa shape index (κ2) is 13.2. The monoisotopic (exact) mass is 469 g/mol. The van der Waals surface area contributed by atoms with Crippen LogP contribution in [-0.4, -0.2) is 54.8 Å². The molecule has 2 amide bonds. The molecule has 1 aliphatic heterocycles. The summed E-state index contributed by atoms with van der Waals surface area (Å²) in [6.07, 6.45) is 7.39. The summed E-state index contributed by atoms with van der Waals surface area (Å²) in [6, 6.07) is 6.99. The number of amidine groups is 1. The molecule has 3 N–H and O–H groups in total. The first-order chi connectivity index (χ1) is 16.5. The molecule has 1 aliphatic rings. The lowest BCUT2D eigenvalue weighted by molar-refractivity contribution is 0.0207. The van der Waals surface area contributed by atoms with Crippen LogP contribution in [0.1, 0.15) is 52.9 Å². The minimum absolute atomic E-state index is 0.112. The fourth-order valence-corrected chi connectivity index (χ4v) is 4.44. The number of aliphatic imine (C=N–C) groups is 1.